The van der Waals surface area contributed by atoms with Gasteiger partial charge in [0, 0.05) is 12.2 Å². The van der Waals surface area contributed by atoms with Gasteiger partial charge in [-0.15, -0.1) is 0 Å². The predicted molar refractivity (Wildman–Crippen MR) is 108 cm³/mol. The molecule has 0 N–H and O–H groups in total. The number of sulfone groups is 1. The summed E-state index contributed by atoms with van der Waals surface area (Å²) in [7, 11) is -3.18. The molecule has 0 bridgehead atoms. The van der Waals surface area contributed by atoms with Gasteiger partial charge in [-0.25, -0.2) is 13.2 Å². The molecule has 2 saturated heterocycles. The molecule has 2 aromatic rings. The Kier molecular flexibility index (Phi) is 4.79. The molecule has 2 amide bonds. The third-order valence-corrected chi connectivity index (χ3v) is 7.08. The van der Waals surface area contributed by atoms with E-state index in [4.69, 9.17) is 4.74 Å². The first-order valence-electron chi connectivity index (χ1n) is 9.46. The molecule has 148 valence electrons. The van der Waals surface area contributed by atoms with E-state index in [2.05, 4.69) is 0 Å². The molecule has 2 aliphatic heterocycles. The molecule has 0 unspecified atom stereocenters. The second kappa shape index (κ2) is 7.13. The van der Waals surface area contributed by atoms with Crippen LogP contribution in [-0.4, -0.2) is 49.5 Å². The van der Waals surface area contributed by atoms with Gasteiger partial charge >= 0.3 is 6.03 Å². The number of carbonyl (C=O) groups excluding carboxylic acids is 1. The third-order valence-electron chi connectivity index (χ3n) is 5.38. The lowest BCUT2D eigenvalue weighted by atomic mass is 10.1. The highest BCUT2D eigenvalue weighted by Crippen LogP contribution is 2.36. The highest BCUT2D eigenvalue weighted by Gasteiger charge is 2.53. The first-order valence-corrected chi connectivity index (χ1v) is 11.3. The third kappa shape index (κ3) is 3.46. The van der Waals surface area contributed by atoms with E-state index in [1.165, 1.54) is 0 Å². The molecule has 2 aliphatic rings. The quantitative estimate of drug-likeness (QED) is 0.724. The number of hydrogen-bond acceptors (Lipinski definition) is 4. The summed E-state index contributed by atoms with van der Waals surface area (Å²) in [6.45, 7) is 4.89. The van der Waals surface area contributed by atoms with E-state index in [1.807, 2.05) is 62.4 Å². The highest BCUT2D eigenvalue weighted by atomic mass is 32.2. The summed E-state index contributed by atoms with van der Waals surface area (Å²) in [6.07, 6.45) is 0. The van der Waals surface area contributed by atoms with Gasteiger partial charge in [0.2, 0.25) is 0 Å². The Morgan fingerprint density at radius 2 is 1.64 bits per heavy atom. The largest absolute Gasteiger partial charge is 0.494 e. The van der Waals surface area contributed by atoms with Gasteiger partial charge in [-0.1, -0.05) is 29.8 Å². The number of benzene rings is 2. The standard InChI is InChI=1S/C21H24N2O4S/c1-3-27-18-10-8-17(9-11-18)23-20-14-28(25,26)13-19(20)22(21(23)24)12-16-6-4-15(2)5-7-16/h4-11,19-20H,3,12-14H2,1-2H3/t19-,20-/m1/s1. The molecule has 4 rings (SSSR count). The van der Waals surface area contributed by atoms with Crippen molar-refractivity contribution in [1.82, 2.24) is 4.90 Å². The molecule has 2 heterocycles. The Morgan fingerprint density at radius 1 is 1.00 bits per heavy atom. The van der Waals surface area contributed by atoms with Crippen LogP contribution in [0.5, 0.6) is 5.75 Å². The van der Waals surface area contributed by atoms with Crippen LogP contribution < -0.4 is 9.64 Å². The average Bonchev–Trinajstić information content (AvgIpc) is 3.09. The van der Waals surface area contributed by atoms with Crippen LogP contribution in [0.3, 0.4) is 0 Å². The van der Waals surface area contributed by atoms with Crippen LogP contribution in [0.25, 0.3) is 0 Å². The van der Waals surface area contributed by atoms with Gasteiger partial charge in [0.25, 0.3) is 0 Å². The fraction of sp³-hybridized carbons (Fsp3) is 0.381. The number of anilines is 1. The summed E-state index contributed by atoms with van der Waals surface area (Å²) in [5.41, 5.74) is 2.84. The van der Waals surface area contributed by atoms with Gasteiger partial charge < -0.3 is 9.64 Å². The van der Waals surface area contributed by atoms with Gasteiger partial charge in [0.05, 0.1) is 30.2 Å². The summed E-state index contributed by atoms with van der Waals surface area (Å²) in [5.74, 6) is 0.745. The molecule has 7 heteroatoms. The maximum absolute atomic E-state index is 13.2. The maximum Gasteiger partial charge on any atom is 0.325 e. The van der Waals surface area contributed by atoms with Crippen molar-refractivity contribution in [2.45, 2.75) is 32.5 Å². The smallest absolute Gasteiger partial charge is 0.325 e. The minimum Gasteiger partial charge on any atom is -0.494 e. The van der Waals surface area contributed by atoms with Crippen molar-refractivity contribution in [2.24, 2.45) is 0 Å². The van der Waals surface area contributed by atoms with Crippen molar-refractivity contribution >= 4 is 21.6 Å². The predicted octanol–water partition coefficient (Wildman–Crippen LogP) is 3.00. The SMILES string of the molecule is CCOc1ccc(N2C(=O)N(Cc3ccc(C)cc3)[C@@H]3CS(=O)(=O)C[C@H]32)cc1. The molecule has 0 aliphatic carbocycles. The minimum atomic E-state index is -3.18. The van der Waals surface area contributed by atoms with Crippen molar-refractivity contribution in [3.63, 3.8) is 0 Å². The molecule has 0 saturated carbocycles. The number of aryl methyl sites for hydroxylation is 1. The van der Waals surface area contributed by atoms with Gasteiger partial charge in [-0.3, -0.25) is 4.90 Å². The van der Waals surface area contributed by atoms with Crippen LogP contribution in [0.15, 0.2) is 48.5 Å². The zero-order chi connectivity index (χ0) is 19.9. The molecular formula is C21H24N2O4S. The molecule has 0 radical (unpaired) electrons. The number of carbonyl (C=O) groups is 1. The molecule has 2 atom stereocenters. The van der Waals surface area contributed by atoms with Crippen LogP contribution in [0, 0.1) is 6.92 Å². The van der Waals surface area contributed by atoms with E-state index in [0.29, 0.717) is 18.8 Å². The molecule has 0 aromatic heterocycles. The fourth-order valence-corrected chi connectivity index (χ4v) is 5.97. The van der Waals surface area contributed by atoms with Crippen molar-refractivity contribution in [3.8, 4) is 5.75 Å². The summed E-state index contributed by atoms with van der Waals surface area (Å²) in [5, 5.41) is 0. The number of ether oxygens (including phenoxy) is 1. The summed E-state index contributed by atoms with van der Waals surface area (Å²) in [6, 6.07) is 14.4. The Balaban J connectivity index is 1.65. The number of urea groups is 1. The van der Waals surface area contributed by atoms with Crippen LogP contribution in [0.2, 0.25) is 0 Å². The van der Waals surface area contributed by atoms with Gasteiger partial charge in [-0.05, 0) is 43.7 Å². The monoisotopic (exact) mass is 400 g/mol. The lowest BCUT2D eigenvalue weighted by Crippen LogP contribution is -2.37. The average molecular weight is 401 g/mol. The molecule has 0 spiro atoms. The molecule has 28 heavy (non-hydrogen) atoms. The van der Waals surface area contributed by atoms with Crippen LogP contribution in [0.4, 0.5) is 10.5 Å². The van der Waals surface area contributed by atoms with E-state index in [-0.39, 0.29) is 29.6 Å². The van der Waals surface area contributed by atoms with Gasteiger partial charge in [0.15, 0.2) is 9.84 Å². The summed E-state index contributed by atoms with van der Waals surface area (Å²) in [4.78, 5) is 16.6. The Labute approximate surface area is 165 Å². The molecular weight excluding hydrogens is 376 g/mol. The van der Waals surface area contributed by atoms with Crippen molar-refractivity contribution in [2.75, 3.05) is 23.0 Å². The van der Waals surface area contributed by atoms with Crippen LogP contribution in [0.1, 0.15) is 18.1 Å². The van der Waals surface area contributed by atoms with Gasteiger partial charge in [0.1, 0.15) is 5.75 Å². The topological polar surface area (TPSA) is 66.9 Å². The zero-order valence-corrected chi connectivity index (χ0v) is 16.9. The first-order chi connectivity index (χ1) is 13.4. The zero-order valence-electron chi connectivity index (χ0n) is 16.0. The maximum atomic E-state index is 13.2. The van der Waals surface area contributed by atoms with E-state index in [1.54, 1.807) is 9.80 Å². The number of fused-ring (bicyclic) bond motifs is 1. The van der Waals surface area contributed by atoms with Crippen molar-refractivity contribution < 1.29 is 17.9 Å². The minimum absolute atomic E-state index is 0.00101. The van der Waals surface area contributed by atoms with Crippen LogP contribution >= 0.6 is 0 Å². The fourth-order valence-electron chi connectivity index (χ4n) is 4.02. The lowest BCUT2D eigenvalue weighted by Gasteiger charge is -2.23. The molecule has 2 fully saturated rings. The number of amides is 2. The number of rotatable bonds is 5. The Bertz CT molecular complexity index is 970. The second-order valence-electron chi connectivity index (χ2n) is 7.40. The summed E-state index contributed by atoms with van der Waals surface area (Å²) < 4.78 is 30.1. The van der Waals surface area contributed by atoms with Crippen LogP contribution in [-0.2, 0) is 16.4 Å². The van der Waals surface area contributed by atoms with E-state index in [9.17, 15) is 13.2 Å². The molecule has 6 nitrogen and oxygen atoms in total. The normalized spacial score (nSPS) is 23.1. The van der Waals surface area contributed by atoms with E-state index in [0.717, 1.165) is 16.9 Å². The van der Waals surface area contributed by atoms with Crippen molar-refractivity contribution in [1.29, 1.82) is 0 Å². The second-order valence-corrected chi connectivity index (χ2v) is 9.56. The highest BCUT2D eigenvalue weighted by molar-refractivity contribution is 7.91. The number of nitrogens with zero attached hydrogens (tertiary/aromatic N) is 2. The first kappa shape index (κ1) is 18.8. The van der Waals surface area contributed by atoms with E-state index >= 15 is 0 Å². The van der Waals surface area contributed by atoms with Crippen molar-refractivity contribution in [3.05, 3.63) is 59.7 Å². The number of hydrogen-bond donors (Lipinski definition) is 0. The van der Waals surface area contributed by atoms with E-state index < -0.39 is 9.84 Å². The lowest BCUT2D eigenvalue weighted by molar-refractivity contribution is 0.206. The Morgan fingerprint density at radius 3 is 2.29 bits per heavy atom. The van der Waals surface area contributed by atoms with Gasteiger partial charge in [-0.2, -0.15) is 0 Å². The molecule has 2 aromatic carbocycles. The Hall–Kier alpha value is -2.54. The summed E-state index contributed by atoms with van der Waals surface area (Å²) >= 11 is 0.